The quantitative estimate of drug-likeness (QED) is 0.0338. The smallest absolute Gasteiger partial charge is 0.220 e. The van der Waals surface area contributed by atoms with Crippen molar-refractivity contribution in [1.82, 2.24) is 5.32 Å². The third-order valence-electron chi connectivity index (χ3n) is 9.19. The first-order valence-corrected chi connectivity index (χ1v) is 19.7. The molecule has 0 spiro atoms. The van der Waals surface area contributed by atoms with Crippen LogP contribution in [0.3, 0.4) is 0 Å². The third-order valence-corrected chi connectivity index (χ3v) is 9.19. The van der Waals surface area contributed by atoms with Crippen LogP contribution in [0.5, 0.6) is 0 Å². The van der Waals surface area contributed by atoms with Crippen LogP contribution in [-0.4, -0.2) is 87.5 Å². The summed E-state index contributed by atoms with van der Waals surface area (Å²) < 4.78 is 11.1. The molecule has 0 aromatic rings. The van der Waals surface area contributed by atoms with Crippen molar-refractivity contribution in [2.75, 3.05) is 13.2 Å². The van der Waals surface area contributed by atoms with Gasteiger partial charge < -0.3 is 40.3 Å². The van der Waals surface area contributed by atoms with Crippen LogP contribution in [-0.2, 0) is 14.3 Å². The number of aliphatic hydroxyl groups is 5. The molecule has 1 aliphatic heterocycles. The molecule has 0 aliphatic carbocycles. The van der Waals surface area contributed by atoms with Crippen molar-refractivity contribution in [2.45, 2.75) is 198 Å². The van der Waals surface area contributed by atoms with Crippen molar-refractivity contribution in [3.63, 3.8) is 0 Å². The van der Waals surface area contributed by atoms with E-state index >= 15 is 0 Å². The Morgan fingerprint density at radius 1 is 0.673 bits per heavy atom. The molecule has 0 saturated carbocycles. The number of unbranched alkanes of at least 4 members (excludes halogenated alkanes) is 17. The molecular weight excluding hydrogens is 622 g/mol. The highest BCUT2D eigenvalue weighted by Gasteiger charge is 2.44. The lowest BCUT2D eigenvalue weighted by atomic mass is 9.99. The molecule has 9 heteroatoms. The van der Waals surface area contributed by atoms with E-state index in [1.165, 1.54) is 77.0 Å². The average molecular weight is 696 g/mol. The Morgan fingerprint density at radius 3 is 1.73 bits per heavy atom. The molecule has 1 rings (SSSR count). The molecular formula is C40H73NO8. The Labute approximate surface area is 298 Å². The Bertz CT molecular complexity index is 863. The number of hydrogen-bond acceptors (Lipinski definition) is 8. The van der Waals surface area contributed by atoms with Gasteiger partial charge in [0.15, 0.2) is 6.29 Å². The van der Waals surface area contributed by atoms with Gasteiger partial charge in [-0.2, -0.15) is 0 Å². The average Bonchev–Trinajstić information content (AvgIpc) is 3.10. The lowest BCUT2D eigenvalue weighted by Crippen LogP contribution is -2.60. The Morgan fingerprint density at radius 2 is 1.16 bits per heavy atom. The van der Waals surface area contributed by atoms with Gasteiger partial charge in [0, 0.05) is 6.42 Å². The van der Waals surface area contributed by atoms with Crippen LogP contribution in [0.4, 0.5) is 0 Å². The van der Waals surface area contributed by atoms with Gasteiger partial charge in [-0.25, -0.2) is 0 Å². The number of amides is 1. The SMILES string of the molecule is CCCCCC/C=C/CCCCCCCC(=O)N[C@@H](CO[C@H]1O[C@@H](CO)[C@H](O)C(O)C1O)[C@H](O)/C=C/CC/C=C/CCCCCCCCC. The molecule has 6 N–H and O–H groups in total. The van der Waals surface area contributed by atoms with Crippen molar-refractivity contribution in [3.05, 3.63) is 36.5 Å². The van der Waals surface area contributed by atoms with E-state index in [-0.39, 0.29) is 12.5 Å². The summed E-state index contributed by atoms with van der Waals surface area (Å²) in [5, 5.41) is 53.9. The molecule has 1 fully saturated rings. The van der Waals surface area contributed by atoms with E-state index < -0.39 is 49.5 Å². The van der Waals surface area contributed by atoms with Gasteiger partial charge in [-0.05, 0) is 57.8 Å². The number of carbonyl (C=O) groups is 1. The Hall–Kier alpha value is -1.59. The van der Waals surface area contributed by atoms with E-state index in [4.69, 9.17) is 9.47 Å². The van der Waals surface area contributed by atoms with Gasteiger partial charge >= 0.3 is 0 Å². The molecule has 1 amide bonds. The fraction of sp³-hybridized carbons (Fsp3) is 0.825. The summed E-state index contributed by atoms with van der Waals surface area (Å²) in [5.74, 6) is -0.200. The van der Waals surface area contributed by atoms with Crippen LogP contribution in [0.1, 0.15) is 155 Å². The molecule has 7 atom stereocenters. The minimum absolute atomic E-state index is 0.200. The summed E-state index contributed by atoms with van der Waals surface area (Å²) in [7, 11) is 0. The minimum Gasteiger partial charge on any atom is -0.394 e. The molecule has 2 unspecified atom stereocenters. The molecule has 0 aromatic carbocycles. The first kappa shape index (κ1) is 45.4. The molecule has 0 radical (unpaired) electrons. The molecule has 0 bridgehead atoms. The Kier molecular flexibility index (Phi) is 28.9. The summed E-state index contributed by atoms with van der Waals surface area (Å²) in [6, 6.07) is -0.822. The number of nitrogens with one attached hydrogen (secondary N) is 1. The van der Waals surface area contributed by atoms with E-state index in [0.717, 1.165) is 57.8 Å². The predicted molar refractivity (Wildman–Crippen MR) is 198 cm³/mol. The van der Waals surface area contributed by atoms with Gasteiger partial charge in [0.2, 0.25) is 5.91 Å². The second-order valence-corrected chi connectivity index (χ2v) is 13.7. The molecule has 1 heterocycles. The maximum atomic E-state index is 12.9. The molecule has 49 heavy (non-hydrogen) atoms. The first-order valence-electron chi connectivity index (χ1n) is 19.7. The molecule has 286 valence electrons. The van der Waals surface area contributed by atoms with E-state index in [1.54, 1.807) is 6.08 Å². The number of carbonyl (C=O) groups excluding carboxylic acids is 1. The zero-order valence-electron chi connectivity index (χ0n) is 30.9. The van der Waals surface area contributed by atoms with E-state index in [0.29, 0.717) is 6.42 Å². The number of ether oxygens (including phenoxy) is 2. The van der Waals surface area contributed by atoms with E-state index in [1.807, 2.05) is 6.08 Å². The van der Waals surface area contributed by atoms with Gasteiger partial charge in [0.1, 0.15) is 24.4 Å². The lowest BCUT2D eigenvalue weighted by Gasteiger charge is -2.40. The van der Waals surface area contributed by atoms with Crippen molar-refractivity contribution in [2.24, 2.45) is 0 Å². The van der Waals surface area contributed by atoms with Gasteiger partial charge in [0.05, 0.1) is 25.4 Å². The van der Waals surface area contributed by atoms with Gasteiger partial charge in [-0.3, -0.25) is 4.79 Å². The van der Waals surface area contributed by atoms with Crippen LogP contribution in [0.25, 0.3) is 0 Å². The second-order valence-electron chi connectivity index (χ2n) is 13.7. The highest BCUT2D eigenvalue weighted by atomic mass is 16.7. The van der Waals surface area contributed by atoms with Crippen LogP contribution in [0.15, 0.2) is 36.5 Å². The summed E-state index contributed by atoms with van der Waals surface area (Å²) >= 11 is 0. The normalized spacial score (nSPS) is 22.8. The monoisotopic (exact) mass is 696 g/mol. The molecule has 9 nitrogen and oxygen atoms in total. The maximum Gasteiger partial charge on any atom is 0.220 e. The zero-order valence-corrected chi connectivity index (χ0v) is 30.9. The fourth-order valence-electron chi connectivity index (χ4n) is 5.93. The number of allylic oxidation sites excluding steroid dienone is 5. The van der Waals surface area contributed by atoms with Crippen molar-refractivity contribution in [3.8, 4) is 0 Å². The fourth-order valence-corrected chi connectivity index (χ4v) is 5.93. The van der Waals surface area contributed by atoms with Crippen molar-refractivity contribution < 1.29 is 39.8 Å². The van der Waals surface area contributed by atoms with Gasteiger partial charge in [-0.1, -0.05) is 127 Å². The van der Waals surface area contributed by atoms with Gasteiger partial charge in [-0.15, -0.1) is 0 Å². The highest BCUT2D eigenvalue weighted by molar-refractivity contribution is 5.76. The largest absolute Gasteiger partial charge is 0.394 e. The minimum atomic E-state index is -1.57. The number of rotatable bonds is 31. The topological polar surface area (TPSA) is 149 Å². The zero-order chi connectivity index (χ0) is 36.0. The summed E-state index contributed by atoms with van der Waals surface area (Å²) in [4.78, 5) is 12.9. The second kappa shape index (κ2) is 31.2. The molecule has 1 saturated heterocycles. The molecule has 1 aliphatic rings. The van der Waals surface area contributed by atoms with E-state index in [9.17, 15) is 30.3 Å². The van der Waals surface area contributed by atoms with Crippen LogP contribution >= 0.6 is 0 Å². The maximum absolute atomic E-state index is 12.9. The molecule has 0 aromatic heterocycles. The lowest BCUT2D eigenvalue weighted by molar-refractivity contribution is -0.302. The third kappa shape index (κ3) is 22.8. The number of aliphatic hydroxyl groups excluding tert-OH is 5. The van der Waals surface area contributed by atoms with Crippen molar-refractivity contribution >= 4 is 5.91 Å². The standard InChI is InChI=1S/C40H73NO8/c1-3-5-7-9-11-13-15-17-19-21-23-25-27-29-34(43)33(32-48-40-39(47)38(46)37(45)35(31-42)49-40)41-36(44)30-28-26-24-22-20-18-16-14-12-10-8-6-4-2/h14,16,19,21,27,29,33-35,37-40,42-43,45-47H,3-13,15,17-18,20,22-26,28,30-32H2,1-2H3,(H,41,44)/b16-14+,21-19+,29-27+/t33-,34+,35-,37-,38?,39?,40-/m0/s1. The van der Waals surface area contributed by atoms with Crippen LogP contribution in [0, 0.1) is 0 Å². The summed E-state index contributed by atoms with van der Waals surface area (Å²) in [6.45, 7) is 3.69. The predicted octanol–water partition coefficient (Wildman–Crippen LogP) is 6.94. The highest BCUT2D eigenvalue weighted by Crippen LogP contribution is 2.22. The van der Waals surface area contributed by atoms with Crippen LogP contribution < -0.4 is 5.32 Å². The van der Waals surface area contributed by atoms with Crippen LogP contribution in [0.2, 0.25) is 0 Å². The van der Waals surface area contributed by atoms with Crippen molar-refractivity contribution in [1.29, 1.82) is 0 Å². The number of hydrogen-bond donors (Lipinski definition) is 6. The Balaban J connectivity index is 2.49. The first-order chi connectivity index (χ1) is 23.8. The summed E-state index contributed by atoms with van der Waals surface area (Å²) in [6.07, 6.45) is 29.0. The van der Waals surface area contributed by atoms with Gasteiger partial charge in [0.25, 0.3) is 0 Å². The van der Waals surface area contributed by atoms with E-state index in [2.05, 4.69) is 43.5 Å². The summed E-state index contributed by atoms with van der Waals surface area (Å²) in [5.41, 5.74) is 0.